The predicted molar refractivity (Wildman–Crippen MR) is 77.7 cm³/mol. The topological polar surface area (TPSA) is 79.5 Å². The SMILES string of the molecule is CCCc1noc(CCC(=O)N2CCCCCC2CO)n1. The molecule has 0 spiro atoms. The van der Waals surface area contributed by atoms with Crippen LogP contribution in [0.3, 0.4) is 0 Å². The minimum Gasteiger partial charge on any atom is -0.394 e. The zero-order valence-corrected chi connectivity index (χ0v) is 12.8. The molecule has 1 atom stereocenters. The van der Waals surface area contributed by atoms with E-state index in [-0.39, 0.29) is 18.6 Å². The summed E-state index contributed by atoms with van der Waals surface area (Å²) in [6, 6.07) is -0.0293. The van der Waals surface area contributed by atoms with Gasteiger partial charge in [-0.3, -0.25) is 4.79 Å². The Morgan fingerprint density at radius 2 is 2.24 bits per heavy atom. The number of rotatable bonds is 6. The number of carbonyl (C=O) groups is 1. The predicted octanol–water partition coefficient (Wildman–Crippen LogP) is 1.72. The van der Waals surface area contributed by atoms with Crippen molar-refractivity contribution >= 4 is 5.91 Å². The van der Waals surface area contributed by atoms with E-state index in [1.54, 1.807) is 0 Å². The van der Waals surface area contributed by atoms with E-state index < -0.39 is 0 Å². The molecule has 1 saturated heterocycles. The van der Waals surface area contributed by atoms with Gasteiger partial charge >= 0.3 is 0 Å². The number of aromatic nitrogens is 2. The van der Waals surface area contributed by atoms with Crippen molar-refractivity contribution in [1.29, 1.82) is 0 Å². The lowest BCUT2D eigenvalue weighted by atomic mass is 10.1. The summed E-state index contributed by atoms with van der Waals surface area (Å²) in [5.74, 6) is 1.32. The van der Waals surface area contributed by atoms with E-state index in [0.29, 0.717) is 24.6 Å². The van der Waals surface area contributed by atoms with E-state index >= 15 is 0 Å². The van der Waals surface area contributed by atoms with Gasteiger partial charge in [-0.05, 0) is 19.3 Å². The lowest BCUT2D eigenvalue weighted by Gasteiger charge is -2.28. The molecule has 1 aromatic heterocycles. The first-order valence-electron chi connectivity index (χ1n) is 7.96. The van der Waals surface area contributed by atoms with Crippen molar-refractivity contribution in [1.82, 2.24) is 15.0 Å². The Balaban J connectivity index is 1.87. The lowest BCUT2D eigenvalue weighted by molar-refractivity contribution is -0.134. The highest BCUT2D eigenvalue weighted by Crippen LogP contribution is 2.18. The van der Waals surface area contributed by atoms with E-state index in [1.807, 2.05) is 4.90 Å². The molecule has 1 unspecified atom stereocenters. The molecule has 0 bridgehead atoms. The highest BCUT2D eigenvalue weighted by Gasteiger charge is 2.24. The van der Waals surface area contributed by atoms with E-state index in [0.717, 1.165) is 45.1 Å². The number of aliphatic hydroxyl groups is 1. The molecule has 6 heteroatoms. The van der Waals surface area contributed by atoms with Crippen molar-refractivity contribution in [3.05, 3.63) is 11.7 Å². The standard InChI is InChI=1S/C15H25N3O3/c1-2-6-13-16-14(21-17-13)8-9-15(20)18-10-5-3-4-7-12(18)11-19/h12,19H,2-11H2,1H3. The van der Waals surface area contributed by atoms with Gasteiger partial charge < -0.3 is 14.5 Å². The summed E-state index contributed by atoms with van der Waals surface area (Å²) in [5.41, 5.74) is 0. The normalized spacial score (nSPS) is 19.5. The average molecular weight is 295 g/mol. The summed E-state index contributed by atoms with van der Waals surface area (Å²) < 4.78 is 5.15. The Labute approximate surface area is 125 Å². The number of nitrogens with zero attached hydrogens (tertiary/aromatic N) is 3. The van der Waals surface area contributed by atoms with Crippen molar-refractivity contribution in [2.45, 2.75) is 64.3 Å². The van der Waals surface area contributed by atoms with Crippen molar-refractivity contribution in [3.63, 3.8) is 0 Å². The van der Waals surface area contributed by atoms with Gasteiger partial charge in [-0.2, -0.15) is 4.98 Å². The monoisotopic (exact) mass is 295 g/mol. The zero-order chi connectivity index (χ0) is 15.1. The van der Waals surface area contributed by atoms with Gasteiger partial charge in [0.15, 0.2) is 5.82 Å². The molecule has 118 valence electrons. The Hall–Kier alpha value is -1.43. The maximum Gasteiger partial charge on any atom is 0.227 e. The summed E-state index contributed by atoms with van der Waals surface area (Å²) in [6.07, 6.45) is 6.74. The van der Waals surface area contributed by atoms with Crippen LogP contribution in [0.4, 0.5) is 0 Å². The second kappa shape index (κ2) is 8.12. The third-order valence-corrected chi connectivity index (χ3v) is 3.94. The fourth-order valence-electron chi connectivity index (χ4n) is 2.77. The number of aliphatic hydroxyl groups excluding tert-OH is 1. The fraction of sp³-hybridized carbons (Fsp3) is 0.800. The van der Waals surface area contributed by atoms with Gasteiger partial charge in [0.05, 0.1) is 12.6 Å². The highest BCUT2D eigenvalue weighted by atomic mass is 16.5. The van der Waals surface area contributed by atoms with Crippen molar-refractivity contribution in [2.24, 2.45) is 0 Å². The largest absolute Gasteiger partial charge is 0.394 e. The Morgan fingerprint density at radius 3 is 3.00 bits per heavy atom. The van der Waals surface area contributed by atoms with Crippen LogP contribution in [0.25, 0.3) is 0 Å². The molecule has 1 amide bonds. The maximum absolute atomic E-state index is 12.4. The van der Waals surface area contributed by atoms with Crippen LogP contribution in [0, 0.1) is 0 Å². The average Bonchev–Trinajstić information content (AvgIpc) is 2.80. The van der Waals surface area contributed by atoms with Gasteiger partial charge in [0.1, 0.15) is 0 Å². The van der Waals surface area contributed by atoms with Crippen molar-refractivity contribution in [3.8, 4) is 0 Å². The van der Waals surface area contributed by atoms with Crippen LogP contribution in [0.15, 0.2) is 4.52 Å². The van der Waals surface area contributed by atoms with Gasteiger partial charge in [0.2, 0.25) is 11.8 Å². The maximum atomic E-state index is 12.4. The minimum atomic E-state index is -0.0293. The Kier molecular flexibility index (Phi) is 6.17. The number of hydrogen-bond donors (Lipinski definition) is 1. The molecule has 0 aliphatic carbocycles. The molecule has 0 aromatic carbocycles. The summed E-state index contributed by atoms with van der Waals surface area (Å²) >= 11 is 0. The molecular formula is C15H25N3O3. The van der Waals surface area contributed by atoms with Gasteiger partial charge in [0.25, 0.3) is 0 Å². The zero-order valence-electron chi connectivity index (χ0n) is 12.8. The van der Waals surface area contributed by atoms with Crippen molar-refractivity contribution in [2.75, 3.05) is 13.2 Å². The Morgan fingerprint density at radius 1 is 1.38 bits per heavy atom. The number of likely N-dealkylation sites (tertiary alicyclic amines) is 1. The molecule has 6 nitrogen and oxygen atoms in total. The summed E-state index contributed by atoms with van der Waals surface area (Å²) in [4.78, 5) is 18.5. The third kappa shape index (κ3) is 4.52. The summed E-state index contributed by atoms with van der Waals surface area (Å²) in [5, 5.41) is 13.3. The molecule has 1 aliphatic heterocycles. The quantitative estimate of drug-likeness (QED) is 0.864. The van der Waals surface area contributed by atoms with E-state index in [2.05, 4.69) is 17.1 Å². The molecule has 0 radical (unpaired) electrons. The molecule has 1 fully saturated rings. The molecule has 2 rings (SSSR count). The second-order valence-corrected chi connectivity index (χ2v) is 5.63. The molecule has 1 aliphatic rings. The van der Waals surface area contributed by atoms with Gasteiger partial charge in [-0.1, -0.05) is 24.9 Å². The number of amides is 1. The van der Waals surface area contributed by atoms with Crippen LogP contribution >= 0.6 is 0 Å². The first kappa shape index (κ1) is 15.9. The first-order valence-corrected chi connectivity index (χ1v) is 7.96. The van der Waals surface area contributed by atoms with Crippen LogP contribution in [-0.4, -0.2) is 45.2 Å². The van der Waals surface area contributed by atoms with Crippen LogP contribution < -0.4 is 0 Å². The number of aryl methyl sites for hydroxylation is 2. The minimum absolute atomic E-state index is 0.0293. The molecule has 0 saturated carbocycles. The van der Waals surface area contributed by atoms with Gasteiger partial charge in [0, 0.05) is 25.8 Å². The van der Waals surface area contributed by atoms with E-state index in [1.165, 1.54) is 0 Å². The van der Waals surface area contributed by atoms with E-state index in [9.17, 15) is 9.90 Å². The van der Waals surface area contributed by atoms with Crippen LogP contribution in [-0.2, 0) is 17.6 Å². The number of hydrogen-bond acceptors (Lipinski definition) is 5. The Bertz CT molecular complexity index is 447. The highest BCUT2D eigenvalue weighted by molar-refractivity contribution is 5.76. The van der Waals surface area contributed by atoms with E-state index in [4.69, 9.17) is 4.52 Å². The van der Waals surface area contributed by atoms with Crippen LogP contribution in [0.2, 0.25) is 0 Å². The van der Waals surface area contributed by atoms with Gasteiger partial charge in [-0.15, -0.1) is 0 Å². The molecule has 1 aromatic rings. The smallest absolute Gasteiger partial charge is 0.227 e. The lowest BCUT2D eigenvalue weighted by Crippen LogP contribution is -2.42. The summed E-state index contributed by atoms with van der Waals surface area (Å²) in [7, 11) is 0. The molecule has 2 heterocycles. The van der Waals surface area contributed by atoms with Gasteiger partial charge in [-0.25, -0.2) is 0 Å². The van der Waals surface area contributed by atoms with Crippen molar-refractivity contribution < 1.29 is 14.4 Å². The summed E-state index contributed by atoms with van der Waals surface area (Å²) in [6.45, 7) is 2.86. The molecule has 1 N–H and O–H groups in total. The van der Waals surface area contributed by atoms with Crippen LogP contribution in [0.5, 0.6) is 0 Å². The first-order chi connectivity index (χ1) is 10.2. The third-order valence-electron chi connectivity index (χ3n) is 3.94. The van der Waals surface area contributed by atoms with Crippen LogP contribution in [0.1, 0.15) is 57.2 Å². The fourth-order valence-corrected chi connectivity index (χ4v) is 2.77. The number of carbonyl (C=O) groups excluding carboxylic acids is 1. The second-order valence-electron chi connectivity index (χ2n) is 5.63. The molecular weight excluding hydrogens is 270 g/mol. The molecule has 21 heavy (non-hydrogen) atoms.